The van der Waals surface area contributed by atoms with E-state index in [0.29, 0.717) is 39.2 Å². The molecule has 1 aromatic rings. The lowest BCUT2D eigenvalue weighted by atomic mass is 10.2. The first-order valence-corrected chi connectivity index (χ1v) is 8.36. The van der Waals surface area contributed by atoms with Crippen LogP contribution < -0.4 is 10.6 Å². The molecule has 1 heterocycles. The first-order chi connectivity index (χ1) is 12.0. The van der Waals surface area contributed by atoms with Crippen molar-refractivity contribution >= 4 is 5.91 Å². The van der Waals surface area contributed by atoms with Gasteiger partial charge in [-0.05, 0) is 12.0 Å². The van der Waals surface area contributed by atoms with Crippen molar-refractivity contribution < 1.29 is 22.7 Å². The molecule has 0 radical (unpaired) electrons. The van der Waals surface area contributed by atoms with Crippen LogP contribution in [0.25, 0.3) is 0 Å². The third-order valence-electron chi connectivity index (χ3n) is 4.07. The molecular weight excluding hydrogens is 335 g/mol. The van der Waals surface area contributed by atoms with Crippen molar-refractivity contribution in [2.24, 2.45) is 0 Å². The Morgan fingerprint density at radius 2 is 1.92 bits per heavy atom. The molecule has 25 heavy (non-hydrogen) atoms. The minimum Gasteiger partial charge on any atom is -0.371 e. The Labute approximate surface area is 145 Å². The number of carbonyl (C=O) groups excluding carboxylic acids is 1. The van der Waals surface area contributed by atoms with E-state index in [-0.39, 0.29) is 6.61 Å². The summed E-state index contributed by atoms with van der Waals surface area (Å²) in [5, 5.41) is 5.36. The summed E-state index contributed by atoms with van der Waals surface area (Å²) in [6.45, 7) is 1.31. The van der Waals surface area contributed by atoms with Gasteiger partial charge in [-0.1, -0.05) is 30.3 Å². The number of ether oxygens (including phenoxy) is 1. The van der Waals surface area contributed by atoms with Gasteiger partial charge < -0.3 is 15.4 Å². The topological polar surface area (TPSA) is 53.6 Å². The summed E-state index contributed by atoms with van der Waals surface area (Å²) in [6, 6.07) is 7.97. The van der Waals surface area contributed by atoms with Gasteiger partial charge in [0, 0.05) is 32.7 Å². The number of hydrogen-bond donors (Lipinski definition) is 2. The Kier molecular flexibility index (Phi) is 7.67. The lowest BCUT2D eigenvalue weighted by Crippen LogP contribution is -2.57. The van der Waals surface area contributed by atoms with Gasteiger partial charge >= 0.3 is 6.18 Å². The molecular formula is C17H24F3N3O2. The Bertz CT molecular complexity index is 520. The summed E-state index contributed by atoms with van der Waals surface area (Å²) in [4.78, 5) is 13.1. The molecule has 1 fully saturated rings. The van der Waals surface area contributed by atoms with E-state index >= 15 is 0 Å². The fourth-order valence-corrected chi connectivity index (χ4v) is 2.71. The first-order valence-electron chi connectivity index (χ1n) is 8.36. The zero-order valence-corrected chi connectivity index (χ0v) is 14.0. The second-order valence-corrected chi connectivity index (χ2v) is 5.94. The summed E-state index contributed by atoms with van der Waals surface area (Å²) in [6.07, 6.45) is -3.72. The Morgan fingerprint density at radius 1 is 1.24 bits per heavy atom. The highest BCUT2D eigenvalue weighted by Crippen LogP contribution is 2.24. The molecule has 8 heteroatoms. The number of benzene rings is 1. The molecule has 0 aliphatic carbocycles. The van der Waals surface area contributed by atoms with Gasteiger partial charge in [0.2, 0.25) is 5.91 Å². The SMILES string of the molecule is O=C(COCCc1ccccc1)NCC(N1CCNCC1)C(F)(F)F. The van der Waals surface area contributed by atoms with Gasteiger partial charge in [-0.25, -0.2) is 0 Å². The van der Waals surface area contributed by atoms with Crippen molar-refractivity contribution in [1.29, 1.82) is 0 Å². The molecule has 0 spiro atoms. The largest absolute Gasteiger partial charge is 0.405 e. The Morgan fingerprint density at radius 3 is 2.56 bits per heavy atom. The van der Waals surface area contributed by atoms with Gasteiger partial charge in [-0.2, -0.15) is 13.2 Å². The number of nitrogens with one attached hydrogen (secondary N) is 2. The standard InChI is InChI=1S/C17H24F3N3O2/c18-17(19,20)15(23-9-7-21-8-10-23)12-22-16(24)13-25-11-6-14-4-2-1-3-5-14/h1-5,15,21H,6-13H2,(H,22,24). The number of alkyl halides is 3. The number of carbonyl (C=O) groups is 1. The van der Waals surface area contributed by atoms with Crippen LogP contribution in [0, 0.1) is 0 Å². The lowest BCUT2D eigenvalue weighted by Gasteiger charge is -2.35. The van der Waals surface area contributed by atoms with Crippen molar-refractivity contribution in [3.05, 3.63) is 35.9 Å². The van der Waals surface area contributed by atoms with Crippen LogP contribution in [-0.2, 0) is 16.0 Å². The summed E-state index contributed by atoms with van der Waals surface area (Å²) >= 11 is 0. The fourth-order valence-electron chi connectivity index (χ4n) is 2.71. The first kappa shape index (κ1) is 19.7. The molecule has 2 rings (SSSR count). The molecule has 0 bridgehead atoms. The van der Waals surface area contributed by atoms with Crippen molar-refractivity contribution in [3.8, 4) is 0 Å². The molecule has 1 saturated heterocycles. The molecule has 140 valence electrons. The molecule has 1 unspecified atom stereocenters. The van der Waals surface area contributed by atoms with Gasteiger partial charge in [0.15, 0.2) is 0 Å². The molecule has 0 saturated carbocycles. The lowest BCUT2D eigenvalue weighted by molar-refractivity contribution is -0.184. The van der Waals surface area contributed by atoms with E-state index in [1.54, 1.807) is 0 Å². The molecule has 1 aromatic carbocycles. The maximum absolute atomic E-state index is 13.2. The quantitative estimate of drug-likeness (QED) is 0.685. The van der Waals surface area contributed by atoms with E-state index in [4.69, 9.17) is 4.74 Å². The second-order valence-electron chi connectivity index (χ2n) is 5.94. The van der Waals surface area contributed by atoms with E-state index in [1.165, 1.54) is 4.90 Å². The van der Waals surface area contributed by atoms with Crippen LogP contribution in [0.2, 0.25) is 0 Å². The summed E-state index contributed by atoms with van der Waals surface area (Å²) < 4.78 is 44.9. The minimum absolute atomic E-state index is 0.237. The maximum atomic E-state index is 13.2. The Hall–Kier alpha value is -1.64. The zero-order chi connectivity index (χ0) is 18.1. The van der Waals surface area contributed by atoms with Gasteiger partial charge in [0.05, 0.1) is 6.61 Å². The third kappa shape index (κ3) is 7.01. The van der Waals surface area contributed by atoms with E-state index in [1.807, 2.05) is 30.3 Å². The number of nitrogens with zero attached hydrogens (tertiary/aromatic N) is 1. The van der Waals surface area contributed by atoms with E-state index in [9.17, 15) is 18.0 Å². The average molecular weight is 359 g/mol. The second kappa shape index (κ2) is 9.74. The number of piperazine rings is 1. The van der Waals surface area contributed by atoms with Gasteiger partial charge in [0.1, 0.15) is 12.6 Å². The minimum atomic E-state index is -4.38. The summed E-state index contributed by atoms with van der Waals surface area (Å²) in [5.74, 6) is -0.530. The fraction of sp³-hybridized carbons (Fsp3) is 0.588. The third-order valence-corrected chi connectivity index (χ3v) is 4.07. The normalized spacial score (nSPS) is 17.2. The molecule has 1 atom stereocenters. The predicted octanol–water partition coefficient (Wildman–Crippen LogP) is 1.20. The molecule has 0 aromatic heterocycles. The molecule has 2 N–H and O–H groups in total. The summed E-state index contributed by atoms with van der Waals surface area (Å²) in [7, 11) is 0. The van der Waals surface area contributed by atoms with Crippen molar-refractivity contribution in [1.82, 2.24) is 15.5 Å². The highest BCUT2D eigenvalue weighted by molar-refractivity contribution is 5.77. The van der Waals surface area contributed by atoms with Crippen LogP contribution in [0.3, 0.4) is 0 Å². The van der Waals surface area contributed by atoms with Crippen LogP contribution in [-0.4, -0.2) is 69.0 Å². The number of hydrogen-bond acceptors (Lipinski definition) is 4. The predicted molar refractivity (Wildman–Crippen MR) is 88.3 cm³/mol. The smallest absolute Gasteiger partial charge is 0.371 e. The van der Waals surface area contributed by atoms with E-state index in [2.05, 4.69) is 10.6 Å². The average Bonchev–Trinajstić information content (AvgIpc) is 2.59. The molecule has 1 amide bonds. The molecule has 1 aliphatic rings. The van der Waals surface area contributed by atoms with Crippen LogP contribution in [0.15, 0.2) is 30.3 Å². The zero-order valence-electron chi connectivity index (χ0n) is 14.0. The highest BCUT2D eigenvalue weighted by atomic mass is 19.4. The summed E-state index contributed by atoms with van der Waals surface area (Å²) in [5.41, 5.74) is 1.08. The van der Waals surface area contributed by atoms with Gasteiger partial charge in [-0.15, -0.1) is 0 Å². The van der Waals surface area contributed by atoms with Crippen LogP contribution in [0.1, 0.15) is 5.56 Å². The van der Waals surface area contributed by atoms with E-state index in [0.717, 1.165) is 5.56 Å². The maximum Gasteiger partial charge on any atom is 0.405 e. The van der Waals surface area contributed by atoms with E-state index < -0.39 is 24.7 Å². The van der Waals surface area contributed by atoms with Crippen LogP contribution in [0.4, 0.5) is 13.2 Å². The van der Waals surface area contributed by atoms with Gasteiger partial charge in [-0.3, -0.25) is 9.69 Å². The van der Waals surface area contributed by atoms with Crippen LogP contribution in [0.5, 0.6) is 0 Å². The highest BCUT2D eigenvalue weighted by Gasteiger charge is 2.43. The van der Waals surface area contributed by atoms with Gasteiger partial charge in [0.25, 0.3) is 0 Å². The van der Waals surface area contributed by atoms with Crippen molar-refractivity contribution in [2.75, 3.05) is 45.9 Å². The van der Waals surface area contributed by atoms with Crippen molar-refractivity contribution in [2.45, 2.75) is 18.6 Å². The number of halogens is 3. The van der Waals surface area contributed by atoms with Crippen LogP contribution >= 0.6 is 0 Å². The van der Waals surface area contributed by atoms with Crippen molar-refractivity contribution in [3.63, 3.8) is 0 Å². The number of rotatable bonds is 8. The number of amides is 1. The monoisotopic (exact) mass is 359 g/mol. The molecule has 5 nitrogen and oxygen atoms in total. The molecule has 1 aliphatic heterocycles. The Balaban J connectivity index is 1.69.